The number of aliphatic imine (C=N–C) groups is 1. The first-order chi connectivity index (χ1) is 14.7. The van der Waals surface area contributed by atoms with Crippen LogP contribution >= 0.6 is 24.0 Å². The molecule has 1 unspecified atom stereocenters. The summed E-state index contributed by atoms with van der Waals surface area (Å²) in [5, 5.41) is 7.06. The first kappa shape index (κ1) is 25.9. The molecule has 0 aliphatic carbocycles. The molecule has 7 heteroatoms. The number of hydrogen-bond donors (Lipinski definition) is 2. The predicted molar refractivity (Wildman–Crippen MR) is 142 cm³/mol. The van der Waals surface area contributed by atoms with E-state index in [0.29, 0.717) is 12.0 Å². The van der Waals surface area contributed by atoms with Gasteiger partial charge in [-0.25, -0.2) is 0 Å². The second-order valence-electron chi connectivity index (χ2n) is 8.14. The Balaban J connectivity index is 0.00000341. The van der Waals surface area contributed by atoms with Crippen molar-refractivity contribution in [2.24, 2.45) is 10.9 Å². The highest BCUT2D eigenvalue weighted by atomic mass is 127. The fraction of sp³-hybridized carbons (Fsp3) is 0.625. The van der Waals surface area contributed by atoms with Gasteiger partial charge >= 0.3 is 0 Å². The van der Waals surface area contributed by atoms with E-state index in [4.69, 9.17) is 4.74 Å². The monoisotopic (exact) mass is 541 g/mol. The molecule has 1 fully saturated rings. The second kappa shape index (κ2) is 14.0. The van der Waals surface area contributed by atoms with Crippen LogP contribution in [0.2, 0.25) is 0 Å². The van der Waals surface area contributed by atoms with Crippen molar-refractivity contribution in [1.82, 2.24) is 15.5 Å². The summed E-state index contributed by atoms with van der Waals surface area (Å²) in [4.78, 5) is 9.40. The number of ether oxygens (including phenoxy) is 1. The van der Waals surface area contributed by atoms with Gasteiger partial charge in [-0.2, -0.15) is 0 Å². The third-order valence-corrected chi connectivity index (χ3v) is 6.39. The zero-order chi connectivity index (χ0) is 21.2. The smallest absolute Gasteiger partial charge is 0.191 e. The number of halogens is 1. The normalized spacial score (nSPS) is 18.2. The van der Waals surface area contributed by atoms with Crippen molar-refractivity contribution < 1.29 is 4.74 Å². The molecule has 0 saturated carbocycles. The zero-order valence-electron chi connectivity index (χ0n) is 19.3. The van der Waals surface area contributed by atoms with Gasteiger partial charge < -0.3 is 20.3 Å². The fourth-order valence-electron chi connectivity index (χ4n) is 4.46. The Kier molecular flexibility index (Phi) is 11.7. The van der Waals surface area contributed by atoms with Crippen molar-refractivity contribution >= 4 is 35.6 Å². The molecule has 1 aromatic carbocycles. The van der Waals surface area contributed by atoms with Crippen LogP contribution in [0.1, 0.15) is 32.3 Å². The molecule has 0 bridgehead atoms. The molecular formula is C24H40IN5O. The Morgan fingerprint density at radius 3 is 2.26 bits per heavy atom. The molecule has 0 radical (unpaired) electrons. The molecule has 1 atom stereocenters. The molecule has 2 N–H and O–H groups in total. The average molecular weight is 542 g/mol. The van der Waals surface area contributed by atoms with Gasteiger partial charge in [0, 0.05) is 58.0 Å². The van der Waals surface area contributed by atoms with Crippen molar-refractivity contribution in [1.29, 1.82) is 0 Å². The molecule has 0 spiro atoms. The minimum atomic E-state index is 0. The fourth-order valence-corrected chi connectivity index (χ4v) is 4.46. The summed E-state index contributed by atoms with van der Waals surface area (Å²) in [5.74, 6) is 1.55. The highest BCUT2D eigenvalue weighted by Gasteiger charge is 2.27. The van der Waals surface area contributed by atoms with Crippen LogP contribution in [-0.2, 0) is 11.3 Å². The Morgan fingerprint density at radius 2 is 1.68 bits per heavy atom. The molecular weight excluding hydrogens is 501 g/mol. The van der Waals surface area contributed by atoms with Crippen LogP contribution in [0.3, 0.4) is 0 Å². The molecule has 174 valence electrons. The van der Waals surface area contributed by atoms with Crippen LogP contribution in [-0.4, -0.2) is 69.9 Å². The number of benzene rings is 1. The Morgan fingerprint density at radius 1 is 1.03 bits per heavy atom. The lowest BCUT2D eigenvalue weighted by Gasteiger charge is -2.39. The quantitative estimate of drug-likeness (QED) is 0.217. The minimum Gasteiger partial charge on any atom is -0.379 e. The van der Waals surface area contributed by atoms with E-state index in [-0.39, 0.29) is 24.0 Å². The van der Waals surface area contributed by atoms with Crippen molar-refractivity contribution in [3.8, 4) is 0 Å². The zero-order valence-corrected chi connectivity index (χ0v) is 21.7. The first-order valence-corrected chi connectivity index (χ1v) is 11.5. The summed E-state index contributed by atoms with van der Waals surface area (Å²) in [5.41, 5.74) is 2.54. The van der Waals surface area contributed by atoms with Gasteiger partial charge in [-0.15, -0.1) is 24.0 Å². The maximum absolute atomic E-state index is 5.57. The van der Waals surface area contributed by atoms with Crippen LogP contribution in [0.25, 0.3) is 0 Å². The molecule has 3 rings (SSSR count). The third kappa shape index (κ3) is 7.64. The summed E-state index contributed by atoms with van der Waals surface area (Å²) >= 11 is 0. The van der Waals surface area contributed by atoms with Gasteiger partial charge in [-0.05, 0) is 23.6 Å². The third-order valence-electron chi connectivity index (χ3n) is 6.39. The van der Waals surface area contributed by atoms with E-state index in [2.05, 4.69) is 75.7 Å². The van der Waals surface area contributed by atoms with Gasteiger partial charge in [0.2, 0.25) is 0 Å². The summed E-state index contributed by atoms with van der Waals surface area (Å²) in [6, 6.07) is 9.34. The molecule has 2 aliphatic rings. The highest BCUT2D eigenvalue weighted by Crippen LogP contribution is 2.20. The van der Waals surface area contributed by atoms with E-state index in [0.717, 1.165) is 58.4 Å². The van der Waals surface area contributed by atoms with E-state index in [1.54, 1.807) is 0 Å². The standard InChI is InChI=1S/C24H39N5O.HI/c1-4-21(5-2)23(29-14-16-30-17-15-29)19-27-24(25-3)26-18-20-8-10-22(11-9-20)28-12-6-7-13-28;/h6-11,21,23H,4-5,12-19H2,1-3H3,(H2,25,26,27);1H. The molecule has 6 nitrogen and oxygen atoms in total. The number of guanidine groups is 1. The number of anilines is 1. The van der Waals surface area contributed by atoms with E-state index < -0.39 is 0 Å². The number of nitrogens with one attached hydrogen (secondary N) is 2. The van der Waals surface area contributed by atoms with Crippen molar-refractivity contribution in [3.05, 3.63) is 42.0 Å². The molecule has 1 saturated heterocycles. The summed E-state index contributed by atoms with van der Waals surface area (Å²) in [7, 11) is 1.85. The van der Waals surface area contributed by atoms with Crippen LogP contribution < -0.4 is 15.5 Å². The predicted octanol–water partition coefficient (Wildman–Crippen LogP) is 3.48. The topological polar surface area (TPSA) is 52.1 Å². The Hall–Kier alpha value is -1.32. The summed E-state index contributed by atoms with van der Waals surface area (Å²) < 4.78 is 5.57. The molecule has 31 heavy (non-hydrogen) atoms. The SMILES string of the molecule is CCC(CC)C(CNC(=NC)NCc1ccc(N2CC=CC2)cc1)N1CCOCC1.I. The molecule has 1 aromatic rings. The number of morpholine rings is 1. The largest absolute Gasteiger partial charge is 0.379 e. The average Bonchev–Trinajstić information content (AvgIpc) is 3.34. The molecule has 0 amide bonds. The first-order valence-electron chi connectivity index (χ1n) is 11.5. The lowest BCUT2D eigenvalue weighted by Crippen LogP contribution is -2.53. The van der Waals surface area contributed by atoms with Gasteiger partial charge in [0.25, 0.3) is 0 Å². The van der Waals surface area contributed by atoms with E-state index in [9.17, 15) is 0 Å². The number of nitrogens with zero attached hydrogens (tertiary/aromatic N) is 3. The lowest BCUT2D eigenvalue weighted by atomic mass is 9.92. The van der Waals surface area contributed by atoms with Crippen LogP contribution in [0.15, 0.2) is 41.4 Å². The lowest BCUT2D eigenvalue weighted by molar-refractivity contribution is 0.00272. The highest BCUT2D eigenvalue weighted by molar-refractivity contribution is 14.0. The Bertz CT molecular complexity index is 676. The van der Waals surface area contributed by atoms with Gasteiger partial charge in [-0.3, -0.25) is 9.89 Å². The maximum atomic E-state index is 5.57. The van der Waals surface area contributed by atoms with Crippen LogP contribution in [0, 0.1) is 5.92 Å². The number of rotatable bonds is 9. The number of hydrogen-bond acceptors (Lipinski definition) is 4. The Labute approximate surface area is 205 Å². The second-order valence-corrected chi connectivity index (χ2v) is 8.14. The van der Waals surface area contributed by atoms with Crippen molar-refractivity contribution in [3.63, 3.8) is 0 Å². The maximum Gasteiger partial charge on any atom is 0.191 e. The van der Waals surface area contributed by atoms with Gasteiger partial charge in [0.05, 0.1) is 13.2 Å². The molecule has 0 aromatic heterocycles. The van der Waals surface area contributed by atoms with Gasteiger partial charge in [0.15, 0.2) is 5.96 Å². The van der Waals surface area contributed by atoms with Gasteiger partial charge in [-0.1, -0.05) is 51.0 Å². The van der Waals surface area contributed by atoms with E-state index in [1.165, 1.54) is 24.1 Å². The minimum absolute atomic E-state index is 0. The van der Waals surface area contributed by atoms with E-state index in [1.807, 2.05) is 7.05 Å². The van der Waals surface area contributed by atoms with Crippen molar-refractivity contribution in [2.45, 2.75) is 39.3 Å². The summed E-state index contributed by atoms with van der Waals surface area (Å²) in [6.45, 7) is 12.0. The summed E-state index contributed by atoms with van der Waals surface area (Å²) in [6.07, 6.45) is 6.84. The molecule has 2 aliphatic heterocycles. The van der Waals surface area contributed by atoms with Crippen molar-refractivity contribution in [2.75, 3.05) is 57.9 Å². The van der Waals surface area contributed by atoms with Gasteiger partial charge in [0.1, 0.15) is 0 Å². The van der Waals surface area contributed by atoms with Crippen LogP contribution in [0.5, 0.6) is 0 Å². The van der Waals surface area contributed by atoms with Crippen LogP contribution in [0.4, 0.5) is 5.69 Å². The molecule has 2 heterocycles. The van der Waals surface area contributed by atoms with E-state index >= 15 is 0 Å².